The van der Waals surface area contributed by atoms with Gasteiger partial charge in [-0.2, -0.15) is 0 Å². The van der Waals surface area contributed by atoms with Gasteiger partial charge in [0.05, 0.1) is 5.92 Å². The zero-order valence-electron chi connectivity index (χ0n) is 9.07. The molecule has 80 valence electrons. The van der Waals surface area contributed by atoms with Crippen LogP contribution in [0.3, 0.4) is 0 Å². The van der Waals surface area contributed by atoms with Crippen LogP contribution in [0.4, 0.5) is 0 Å². The van der Waals surface area contributed by atoms with Crippen LogP contribution in [-0.2, 0) is 4.79 Å². The molecule has 0 aliphatic rings. The van der Waals surface area contributed by atoms with Gasteiger partial charge in [-0.3, -0.25) is 4.79 Å². The maximum atomic E-state index is 11.8. The molecule has 1 atom stereocenters. The fraction of sp³-hybridized carbons (Fsp3) is 0.308. The Balaban J connectivity index is 2.71. The molecule has 1 aromatic rings. The Bertz CT molecular complexity index is 319. The van der Waals surface area contributed by atoms with Gasteiger partial charge in [-0.05, 0) is 12.0 Å². The topological polar surface area (TPSA) is 29.1 Å². The van der Waals surface area contributed by atoms with Gasteiger partial charge in [-0.15, -0.1) is 6.58 Å². The Morgan fingerprint density at radius 1 is 1.47 bits per heavy atom. The molecule has 2 nitrogen and oxygen atoms in total. The highest BCUT2D eigenvalue weighted by molar-refractivity contribution is 5.83. The van der Waals surface area contributed by atoms with Gasteiger partial charge in [0.1, 0.15) is 0 Å². The Labute approximate surface area is 91.0 Å². The van der Waals surface area contributed by atoms with Gasteiger partial charge in [-0.25, -0.2) is 0 Å². The molecule has 0 saturated carbocycles. The van der Waals surface area contributed by atoms with Gasteiger partial charge in [0.25, 0.3) is 0 Å². The molecule has 0 aromatic heterocycles. The lowest BCUT2D eigenvalue weighted by atomic mass is 9.96. The van der Waals surface area contributed by atoms with Crippen LogP contribution >= 0.6 is 0 Å². The molecule has 1 aromatic carbocycles. The van der Waals surface area contributed by atoms with Crippen molar-refractivity contribution < 1.29 is 4.79 Å². The summed E-state index contributed by atoms with van der Waals surface area (Å²) in [7, 11) is 0. The van der Waals surface area contributed by atoms with E-state index in [1.54, 1.807) is 6.08 Å². The third kappa shape index (κ3) is 3.24. The fourth-order valence-corrected chi connectivity index (χ4v) is 1.55. The Hall–Kier alpha value is -1.57. The van der Waals surface area contributed by atoms with E-state index < -0.39 is 0 Å². The van der Waals surface area contributed by atoms with Gasteiger partial charge < -0.3 is 5.32 Å². The Kier molecular flexibility index (Phi) is 4.61. The van der Waals surface area contributed by atoms with Crippen LogP contribution in [0.15, 0.2) is 43.0 Å². The van der Waals surface area contributed by atoms with E-state index in [0.717, 1.165) is 12.0 Å². The van der Waals surface area contributed by atoms with Gasteiger partial charge >= 0.3 is 0 Å². The first kappa shape index (κ1) is 11.5. The SMILES string of the molecule is C=CCNC(=O)[C@@H](CC)c1ccccc1. The summed E-state index contributed by atoms with van der Waals surface area (Å²) in [6.45, 7) is 6.12. The summed E-state index contributed by atoms with van der Waals surface area (Å²) in [5.74, 6) is 0.0229. The number of carbonyl (C=O) groups excluding carboxylic acids is 1. The number of hydrogen-bond acceptors (Lipinski definition) is 1. The van der Waals surface area contributed by atoms with Crippen molar-refractivity contribution in [2.75, 3.05) is 6.54 Å². The van der Waals surface area contributed by atoms with E-state index in [9.17, 15) is 4.79 Å². The summed E-state index contributed by atoms with van der Waals surface area (Å²) >= 11 is 0. The standard InChI is InChI=1S/C13H17NO/c1-3-10-14-13(15)12(4-2)11-8-6-5-7-9-11/h3,5-9,12H,1,4,10H2,2H3,(H,14,15)/t12-/m0/s1. The van der Waals surface area contributed by atoms with Crippen molar-refractivity contribution in [2.45, 2.75) is 19.3 Å². The van der Waals surface area contributed by atoms with Crippen molar-refractivity contribution in [3.8, 4) is 0 Å². The number of amides is 1. The Morgan fingerprint density at radius 3 is 2.67 bits per heavy atom. The molecule has 2 heteroatoms. The van der Waals surface area contributed by atoms with E-state index >= 15 is 0 Å². The molecular formula is C13H17NO. The van der Waals surface area contributed by atoms with E-state index in [4.69, 9.17) is 0 Å². The molecule has 0 bridgehead atoms. The molecule has 0 spiro atoms. The second-order valence-corrected chi connectivity index (χ2v) is 3.41. The van der Waals surface area contributed by atoms with E-state index in [0.29, 0.717) is 6.54 Å². The molecule has 0 aliphatic carbocycles. The summed E-state index contributed by atoms with van der Waals surface area (Å²) < 4.78 is 0. The van der Waals surface area contributed by atoms with Crippen molar-refractivity contribution in [1.82, 2.24) is 5.32 Å². The zero-order chi connectivity index (χ0) is 11.1. The zero-order valence-corrected chi connectivity index (χ0v) is 9.07. The summed E-state index contributed by atoms with van der Waals surface area (Å²) in [5, 5.41) is 2.82. The maximum Gasteiger partial charge on any atom is 0.227 e. The number of benzene rings is 1. The lowest BCUT2D eigenvalue weighted by Gasteiger charge is -2.14. The van der Waals surface area contributed by atoms with Crippen LogP contribution in [0.2, 0.25) is 0 Å². The first-order chi connectivity index (χ1) is 7.29. The molecule has 1 N–H and O–H groups in total. The van der Waals surface area contributed by atoms with Crippen molar-refractivity contribution in [1.29, 1.82) is 0 Å². The molecule has 0 radical (unpaired) electrons. The molecule has 0 saturated heterocycles. The molecule has 15 heavy (non-hydrogen) atoms. The molecule has 0 unspecified atom stereocenters. The van der Waals surface area contributed by atoms with Crippen LogP contribution < -0.4 is 5.32 Å². The highest BCUT2D eigenvalue weighted by atomic mass is 16.1. The number of nitrogens with one attached hydrogen (secondary N) is 1. The summed E-state index contributed by atoms with van der Waals surface area (Å²) in [4.78, 5) is 11.8. The predicted octanol–water partition coefficient (Wildman–Crippen LogP) is 2.48. The normalized spacial score (nSPS) is 11.8. The minimum Gasteiger partial charge on any atom is -0.352 e. The first-order valence-corrected chi connectivity index (χ1v) is 5.23. The second kappa shape index (κ2) is 6.02. The largest absolute Gasteiger partial charge is 0.352 e. The minimum absolute atomic E-state index is 0.0499. The van der Waals surface area contributed by atoms with E-state index in [-0.39, 0.29) is 11.8 Å². The number of rotatable bonds is 5. The fourth-order valence-electron chi connectivity index (χ4n) is 1.55. The van der Waals surface area contributed by atoms with Crippen LogP contribution in [0.5, 0.6) is 0 Å². The van der Waals surface area contributed by atoms with E-state index in [2.05, 4.69) is 11.9 Å². The average molecular weight is 203 g/mol. The molecule has 0 heterocycles. The van der Waals surface area contributed by atoms with E-state index in [1.807, 2.05) is 37.3 Å². The van der Waals surface area contributed by atoms with Crippen LogP contribution in [0.1, 0.15) is 24.8 Å². The molecule has 1 amide bonds. The number of hydrogen-bond donors (Lipinski definition) is 1. The highest BCUT2D eigenvalue weighted by Gasteiger charge is 2.16. The predicted molar refractivity (Wildman–Crippen MR) is 62.7 cm³/mol. The van der Waals surface area contributed by atoms with Gasteiger partial charge in [0.2, 0.25) is 5.91 Å². The van der Waals surface area contributed by atoms with Gasteiger partial charge in [0, 0.05) is 6.54 Å². The third-order valence-electron chi connectivity index (χ3n) is 2.35. The summed E-state index contributed by atoms with van der Waals surface area (Å²) in [6, 6.07) is 9.85. The quantitative estimate of drug-likeness (QED) is 0.732. The molecule has 1 rings (SSSR count). The lowest BCUT2D eigenvalue weighted by molar-refractivity contribution is -0.122. The smallest absolute Gasteiger partial charge is 0.227 e. The maximum absolute atomic E-state index is 11.8. The first-order valence-electron chi connectivity index (χ1n) is 5.23. The highest BCUT2D eigenvalue weighted by Crippen LogP contribution is 2.18. The van der Waals surface area contributed by atoms with Crippen molar-refractivity contribution in [3.63, 3.8) is 0 Å². The minimum atomic E-state index is -0.0499. The van der Waals surface area contributed by atoms with Crippen LogP contribution in [0.25, 0.3) is 0 Å². The van der Waals surface area contributed by atoms with Crippen LogP contribution in [-0.4, -0.2) is 12.5 Å². The van der Waals surface area contributed by atoms with Gasteiger partial charge in [0.15, 0.2) is 0 Å². The van der Waals surface area contributed by atoms with Crippen LogP contribution in [0, 0.1) is 0 Å². The summed E-state index contributed by atoms with van der Waals surface area (Å²) in [5.41, 5.74) is 1.07. The molecular weight excluding hydrogens is 186 g/mol. The second-order valence-electron chi connectivity index (χ2n) is 3.41. The van der Waals surface area contributed by atoms with Gasteiger partial charge in [-0.1, -0.05) is 43.3 Å². The number of carbonyl (C=O) groups is 1. The van der Waals surface area contributed by atoms with Crippen molar-refractivity contribution >= 4 is 5.91 Å². The summed E-state index contributed by atoms with van der Waals surface area (Å²) in [6.07, 6.45) is 2.50. The monoisotopic (exact) mass is 203 g/mol. The third-order valence-corrected chi connectivity index (χ3v) is 2.35. The molecule has 0 fully saturated rings. The Morgan fingerprint density at radius 2 is 2.13 bits per heavy atom. The van der Waals surface area contributed by atoms with Crippen molar-refractivity contribution in [2.24, 2.45) is 0 Å². The lowest BCUT2D eigenvalue weighted by Crippen LogP contribution is -2.29. The molecule has 0 aliphatic heterocycles. The van der Waals surface area contributed by atoms with E-state index in [1.165, 1.54) is 0 Å². The van der Waals surface area contributed by atoms with Crippen molar-refractivity contribution in [3.05, 3.63) is 48.6 Å². The average Bonchev–Trinajstić information content (AvgIpc) is 2.29.